The fourth-order valence-electron chi connectivity index (χ4n) is 0.870. The summed E-state index contributed by atoms with van der Waals surface area (Å²) in [5, 5.41) is 1.00. The van der Waals surface area contributed by atoms with E-state index >= 15 is 0 Å². The summed E-state index contributed by atoms with van der Waals surface area (Å²) >= 11 is 3.35. The molecule has 0 saturated carbocycles. The molecule has 0 aromatic rings. The Kier molecular flexibility index (Phi) is 9.42. The highest BCUT2D eigenvalue weighted by molar-refractivity contribution is 9.09. The summed E-state index contributed by atoms with van der Waals surface area (Å²) in [6, 6.07) is 0. The van der Waals surface area contributed by atoms with Crippen molar-refractivity contribution in [3.63, 3.8) is 0 Å². The van der Waals surface area contributed by atoms with Crippen molar-refractivity contribution in [2.24, 2.45) is 0 Å². The number of unbranched alkanes of at least 4 members (excludes halogenated alkanes) is 4. The van der Waals surface area contributed by atoms with Crippen LogP contribution in [0.2, 0.25) is 0 Å². The van der Waals surface area contributed by atoms with E-state index in [2.05, 4.69) is 35.0 Å². The van der Waals surface area contributed by atoms with Gasteiger partial charge in [-0.3, -0.25) is 0 Å². The van der Waals surface area contributed by atoms with E-state index in [4.69, 9.17) is 0 Å². The molecule has 0 aliphatic rings. The zero-order valence-corrected chi connectivity index (χ0v) is 8.36. The molecule has 0 heterocycles. The highest BCUT2D eigenvalue weighted by Crippen LogP contribution is 2.02. The normalized spacial score (nSPS) is 11.0. The number of allylic oxidation sites excluding steroid dienone is 2. The Morgan fingerprint density at radius 1 is 1.10 bits per heavy atom. The second-order valence-electron chi connectivity index (χ2n) is 2.48. The summed E-state index contributed by atoms with van der Waals surface area (Å²) in [4.78, 5) is 0. The lowest BCUT2D eigenvalue weighted by molar-refractivity contribution is 0.674. The fraction of sp³-hybridized carbons (Fsp3) is 0.778. The van der Waals surface area contributed by atoms with Gasteiger partial charge in [0.1, 0.15) is 0 Å². The number of hydrogen-bond donors (Lipinski definition) is 0. The van der Waals surface area contributed by atoms with Crippen LogP contribution in [0.5, 0.6) is 0 Å². The van der Waals surface area contributed by atoms with E-state index in [9.17, 15) is 0 Å². The van der Waals surface area contributed by atoms with Crippen LogP contribution in [0.15, 0.2) is 12.2 Å². The molecule has 0 fully saturated rings. The molecule has 0 rings (SSSR count). The largest absolute Gasteiger partial charge is 0.0883 e. The molecule has 0 amide bonds. The zero-order chi connectivity index (χ0) is 7.66. The summed E-state index contributed by atoms with van der Waals surface area (Å²) < 4.78 is 0. The summed E-state index contributed by atoms with van der Waals surface area (Å²) in [5.41, 5.74) is 0. The van der Waals surface area contributed by atoms with Gasteiger partial charge in [0.25, 0.3) is 0 Å². The van der Waals surface area contributed by atoms with Crippen molar-refractivity contribution in [1.82, 2.24) is 0 Å². The first-order valence-corrected chi connectivity index (χ1v) is 5.25. The van der Waals surface area contributed by atoms with Crippen LogP contribution in [0.3, 0.4) is 0 Å². The van der Waals surface area contributed by atoms with Gasteiger partial charge in [-0.05, 0) is 12.8 Å². The minimum atomic E-state index is 1.00. The summed E-state index contributed by atoms with van der Waals surface area (Å²) in [6.45, 7) is 2.24. The van der Waals surface area contributed by atoms with E-state index in [-0.39, 0.29) is 0 Å². The van der Waals surface area contributed by atoms with E-state index in [0.717, 1.165) is 5.33 Å². The second kappa shape index (κ2) is 9.22. The summed E-state index contributed by atoms with van der Waals surface area (Å²) in [6.07, 6.45) is 11.2. The molecule has 60 valence electrons. The Labute approximate surface area is 72.8 Å². The van der Waals surface area contributed by atoms with Gasteiger partial charge in [0, 0.05) is 5.33 Å². The molecule has 0 saturated heterocycles. The van der Waals surface area contributed by atoms with Crippen LogP contribution in [-0.2, 0) is 0 Å². The molecular weight excluding hydrogens is 188 g/mol. The summed E-state index contributed by atoms with van der Waals surface area (Å²) in [7, 11) is 0. The molecule has 0 aliphatic heterocycles. The lowest BCUT2D eigenvalue weighted by atomic mass is 10.1. The summed E-state index contributed by atoms with van der Waals surface area (Å²) in [5.74, 6) is 0. The van der Waals surface area contributed by atoms with Crippen LogP contribution in [0.4, 0.5) is 0 Å². The van der Waals surface area contributed by atoms with Crippen LogP contribution in [0.1, 0.15) is 39.0 Å². The van der Waals surface area contributed by atoms with Crippen LogP contribution in [0, 0.1) is 0 Å². The molecule has 0 atom stereocenters. The minimum Gasteiger partial charge on any atom is -0.0883 e. The molecule has 0 radical (unpaired) electrons. The van der Waals surface area contributed by atoms with Gasteiger partial charge in [0.2, 0.25) is 0 Å². The molecule has 0 nitrogen and oxygen atoms in total. The minimum absolute atomic E-state index is 1.00. The first kappa shape index (κ1) is 10.2. The van der Waals surface area contributed by atoms with Crippen molar-refractivity contribution in [2.75, 3.05) is 5.33 Å². The van der Waals surface area contributed by atoms with Gasteiger partial charge >= 0.3 is 0 Å². The van der Waals surface area contributed by atoms with Crippen LogP contribution in [-0.4, -0.2) is 5.33 Å². The predicted octanol–water partition coefficient (Wildman–Crippen LogP) is 3.91. The van der Waals surface area contributed by atoms with E-state index < -0.39 is 0 Å². The van der Waals surface area contributed by atoms with E-state index in [1.54, 1.807) is 0 Å². The fourth-order valence-corrected chi connectivity index (χ4v) is 1.13. The predicted molar refractivity (Wildman–Crippen MR) is 51.7 cm³/mol. The highest BCUT2D eigenvalue weighted by Gasteiger charge is 1.82. The van der Waals surface area contributed by atoms with Gasteiger partial charge in [0.15, 0.2) is 0 Å². The van der Waals surface area contributed by atoms with Gasteiger partial charge in [-0.25, -0.2) is 0 Å². The van der Waals surface area contributed by atoms with Gasteiger partial charge in [-0.15, -0.1) is 0 Å². The third kappa shape index (κ3) is 8.22. The number of rotatable bonds is 6. The van der Waals surface area contributed by atoms with Crippen LogP contribution in [0.25, 0.3) is 0 Å². The lowest BCUT2D eigenvalue weighted by Gasteiger charge is -1.92. The van der Waals surface area contributed by atoms with Gasteiger partial charge in [-0.2, -0.15) is 0 Å². The third-order valence-corrected chi connectivity index (χ3v) is 1.85. The highest BCUT2D eigenvalue weighted by atomic mass is 79.9. The molecule has 0 N–H and O–H groups in total. The molecule has 0 aromatic carbocycles. The van der Waals surface area contributed by atoms with Crippen molar-refractivity contribution < 1.29 is 0 Å². The quantitative estimate of drug-likeness (QED) is 0.350. The van der Waals surface area contributed by atoms with E-state index in [1.165, 1.54) is 32.1 Å². The van der Waals surface area contributed by atoms with Crippen molar-refractivity contribution >= 4 is 15.9 Å². The molecule has 0 aliphatic carbocycles. The standard InChI is InChI=1S/C9H17Br/c1-2-3-4-5-6-7-8-9-10/h7-8H,2-6,9H2,1H3/b8-7-. The number of hydrogen-bond acceptors (Lipinski definition) is 0. The first-order chi connectivity index (χ1) is 4.91. The molecule has 0 bridgehead atoms. The monoisotopic (exact) mass is 204 g/mol. The second-order valence-corrected chi connectivity index (χ2v) is 3.12. The maximum absolute atomic E-state index is 3.35. The lowest BCUT2D eigenvalue weighted by Crippen LogP contribution is -1.73. The van der Waals surface area contributed by atoms with Crippen molar-refractivity contribution in [3.05, 3.63) is 12.2 Å². The van der Waals surface area contributed by atoms with Crippen molar-refractivity contribution in [2.45, 2.75) is 39.0 Å². The number of alkyl halides is 1. The Bertz CT molecular complexity index is 76.8. The maximum Gasteiger partial charge on any atom is 0.0212 e. The Hall–Kier alpha value is 0.220. The number of halogens is 1. The molecule has 0 unspecified atom stereocenters. The Balaban J connectivity index is 2.83. The van der Waals surface area contributed by atoms with Gasteiger partial charge in [-0.1, -0.05) is 54.3 Å². The van der Waals surface area contributed by atoms with Gasteiger partial charge < -0.3 is 0 Å². The smallest absolute Gasteiger partial charge is 0.0212 e. The van der Waals surface area contributed by atoms with Crippen molar-refractivity contribution in [1.29, 1.82) is 0 Å². The molecule has 0 aromatic heterocycles. The zero-order valence-electron chi connectivity index (χ0n) is 6.78. The topological polar surface area (TPSA) is 0 Å². The molecule has 10 heavy (non-hydrogen) atoms. The Morgan fingerprint density at radius 2 is 1.90 bits per heavy atom. The third-order valence-electron chi connectivity index (χ3n) is 1.48. The SMILES string of the molecule is CCCCCC/C=C\CBr. The van der Waals surface area contributed by atoms with Gasteiger partial charge in [0.05, 0.1) is 0 Å². The Morgan fingerprint density at radius 3 is 2.50 bits per heavy atom. The average Bonchev–Trinajstić information content (AvgIpc) is 1.97. The molecular formula is C9H17Br. The van der Waals surface area contributed by atoms with E-state index in [1.807, 2.05) is 0 Å². The average molecular weight is 205 g/mol. The van der Waals surface area contributed by atoms with E-state index in [0.29, 0.717) is 0 Å². The molecule has 0 spiro atoms. The molecule has 1 heteroatoms. The van der Waals surface area contributed by atoms with Crippen molar-refractivity contribution in [3.8, 4) is 0 Å². The maximum atomic E-state index is 3.35. The first-order valence-electron chi connectivity index (χ1n) is 4.12. The van der Waals surface area contributed by atoms with Crippen LogP contribution >= 0.6 is 15.9 Å². The van der Waals surface area contributed by atoms with Crippen LogP contribution < -0.4 is 0 Å².